The fraction of sp³-hybridized carbons (Fsp3) is 0.500. The van der Waals surface area contributed by atoms with Gasteiger partial charge in [-0.1, -0.05) is 11.6 Å². The highest BCUT2D eigenvalue weighted by Gasteiger charge is 2.32. The van der Waals surface area contributed by atoms with Crippen LogP contribution in [-0.2, 0) is 0 Å². The van der Waals surface area contributed by atoms with E-state index in [2.05, 4.69) is 29.8 Å². The highest BCUT2D eigenvalue weighted by Crippen LogP contribution is 2.33. The molecule has 1 aromatic rings. The van der Waals surface area contributed by atoms with Crippen LogP contribution in [0.3, 0.4) is 0 Å². The summed E-state index contributed by atoms with van der Waals surface area (Å²) in [5, 5.41) is 9.29. The summed E-state index contributed by atoms with van der Waals surface area (Å²) in [6.07, 6.45) is 2.30. The van der Waals surface area contributed by atoms with Crippen molar-refractivity contribution in [1.29, 1.82) is 5.26 Å². The van der Waals surface area contributed by atoms with Crippen molar-refractivity contribution in [2.24, 2.45) is 0 Å². The minimum absolute atomic E-state index is 0.102. The van der Waals surface area contributed by atoms with E-state index in [0.717, 1.165) is 25.2 Å². The summed E-state index contributed by atoms with van der Waals surface area (Å²) < 4.78 is 0. The fourth-order valence-electron chi connectivity index (χ4n) is 2.22. The number of aromatic nitrogens is 1. The average molecular weight is 236 g/mol. The summed E-state index contributed by atoms with van der Waals surface area (Å²) in [7, 11) is 0. The SMILES string of the molecule is CC1(C)CCCN1c1cc(C#N)cc(Cl)n1. The topological polar surface area (TPSA) is 39.9 Å². The van der Waals surface area contributed by atoms with Crippen molar-refractivity contribution in [2.45, 2.75) is 32.2 Å². The molecule has 1 aliphatic heterocycles. The third-order valence-electron chi connectivity index (χ3n) is 3.09. The van der Waals surface area contributed by atoms with E-state index >= 15 is 0 Å². The van der Waals surface area contributed by atoms with E-state index in [4.69, 9.17) is 16.9 Å². The molecule has 0 radical (unpaired) electrons. The van der Waals surface area contributed by atoms with Gasteiger partial charge in [-0.05, 0) is 38.8 Å². The molecular weight excluding hydrogens is 222 g/mol. The molecule has 1 aromatic heterocycles. The van der Waals surface area contributed by atoms with E-state index < -0.39 is 0 Å². The molecule has 0 N–H and O–H groups in total. The summed E-state index contributed by atoms with van der Waals surface area (Å²) in [6.45, 7) is 5.36. The summed E-state index contributed by atoms with van der Waals surface area (Å²) in [6, 6.07) is 5.50. The second-order valence-electron chi connectivity index (χ2n) is 4.72. The van der Waals surface area contributed by atoms with E-state index in [9.17, 15) is 0 Å². The molecule has 0 unspecified atom stereocenters. The van der Waals surface area contributed by atoms with Gasteiger partial charge in [0.25, 0.3) is 0 Å². The van der Waals surface area contributed by atoms with Crippen LogP contribution in [0.5, 0.6) is 0 Å². The largest absolute Gasteiger partial charge is 0.351 e. The van der Waals surface area contributed by atoms with Gasteiger partial charge in [0.2, 0.25) is 0 Å². The van der Waals surface area contributed by atoms with Crippen LogP contribution >= 0.6 is 11.6 Å². The van der Waals surface area contributed by atoms with Gasteiger partial charge in [0.15, 0.2) is 0 Å². The summed E-state index contributed by atoms with van der Waals surface area (Å²) in [5.74, 6) is 0.812. The number of hydrogen-bond acceptors (Lipinski definition) is 3. The number of hydrogen-bond donors (Lipinski definition) is 0. The van der Waals surface area contributed by atoms with E-state index in [1.807, 2.05) is 0 Å². The van der Waals surface area contributed by atoms with Crippen LogP contribution in [0.2, 0.25) is 5.15 Å². The number of nitrogens with zero attached hydrogens (tertiary/aromatic N) is 3. The van der Waals surface area contributed by atoms with Crippen LogP contribution in [0.1, 0.15) is 32.3 Å². The normalized spacial score (nSPS) is 18.5. The Bertz CT molecular complexity index is 448. The number of halogens is 1. The molecule has 84 valence electrons. The molecule has 0 aliphatic carbocycles. The molecule has 1 saturated heterocycles. The molecule has 2 heterocycles. The molecule has 4 heteroatoms. The monoisotopic (exact) mass is 235 g/mol. The lowest BCUT2D eigenvalue weighted by Crippen LogP contribution is -2.38. The van der Waals surface area contributed by atoms with Crippen LogP contribution in [0.4, 0.5) is 5.82 Å². The third kappa shape index (κ3) is 1.98. The van der Waals surface area contributed by atoms with Crippen molar-refractivity contribution >= 4 is 17.4 Å². The van der Waals surface area contributed by atoms with E-state index in [0.29, 0.717) is 10.7 Å². The Morgan fingerprint density at radius 1 is 1.50 bits per heavy atom. The van der Waals surface area contributed by atoms with Gasteiger partial charge in [0, 0.05) is 12.1 Å². The zero-order valence-corrected chi connectivity index (χ0v) is 10.3. The van der Waals surface area contributed by atoms with Gasteiger partial charge >= 0.3 is 0 Å². The smallest absolute Gasteiger partial charge is 0.132 e. The Labute approximate surface area is 101 Å². The molecule has 16 heavy (non-hydrogen) atoms. The van der Waals surface area contributed by atoms with Crippen molar-refractivity contribution in [3.63, 3.8) is 0 Å². The first-order valence-electron chi connectivity index (χ1n) is 5.38. The van der Waals surface area contributed by atoms with Crippen molar-refractivity contribution in [3.05, 3.63) is 22.8 Å². The zero-order chi connectivity index (χ0) is 11.8. The summed E-state index contributed by atoms with van der Waals surface area (Å²) in [5.41, 5.74) is 0.669. The predicted octanol–water partition coefficient (Wildman–Crippen LogP) is 2.99. The van der Waals surface area contributed by atoms with Crippen LogP contribution in [0.15, 0.2) is 12.1 Å². The van der Waals surface area contributed by atoms with Gasteiger partial charge < -0.3 is 4.90 Å². The van der Waals surface area contributed by atoms with Crippen LogP contribution in [0, 0.1) is 11.3 Å². The first-order chi connectivity index (χ1) is 7.53. The lowest BCUT2D eigenvalue weighted by molar-refractivity contribution is 0.514. The Balaban J connectivity index is 2.41. The van der Waals surface area contributed by atoms with Crippen LogP contribution < -0.4 is 4.90 Å². The van der Waals surface area contributed by atoms with Crippen LogP contribution in [-0.4, -0.2) is 17.1 Å². The molecule has 0 aromatic carbocycles. The maximum absolute atomic E-state index is 8.90. The molecule has 1 fully saturated rings. The molecule has 2 rings (SSSR count). The summed E-state index contributed by atoms with van der Waals surface area (Å²) >= 11 is 5.91. The van der Waals surface area contributed by atoms with E-state index in [-0.39, 0.29) is 5.54 Å². The van der Waals surface area contributed by atoms with Gasteiger partial charge in [-0.15, -0.1) is 0 Å². The van der Waals surface area contributed by atoms with Gasteiger partial charge in [-0.2, -0.15) is 5.26 Å². The minimum Gasteiger partial charge on any atom is -0.351 e. The Morgan fingerprint density at radius 2 is 2.25 bits per heavy atom. The first kappa shape index (κ1) is 11.2. The zero-order valence-electron chi connectivity index (χ0n) is 9.50. The third-order valence-corrected chi connectivity index (χ3v) is 3.28. The number of nitriles is 1. The Kier molecular flexibility index (Phi) is 2.77. The predicted molar refractivity (Wildman–Crippen MR) is 64.6 cm³/mol. The van der Waals surface area contributed by atoms with Gasteiger partial charge in [-0.3, -0.25) is 0 Å². The van der Waals surface area contributed by atoms with E-state index in [1.54, 1.807) is 12.1 Å². The maximum atomic E-state index is 8.90. The number of rotatable bonds is 1. The van der Waals surface area contributed by atoms with Crippen molar-refractivity contribution in [3.8, 4) is 6.07 Å². The average Bonchev–Trinajstić information content (AvgIpc) is 2.57. The molecule has 0 bridgehead atoms. The lowest BCUT2D eigenvalue weighted by Gasteiger charge is -2.32. The Hall–Kier alpha value is -1.27. The molecule has 0 amide bonds. The fourth-order valence-corrected chi connectivity index (χ4v) is 2.42. The molecule has 0 atom stereocenters. The van der Waals surface area contributed by atoms with Crippen molar-refractivity contribution in [2.75, 3.05) is 11.4 Å². The van der Waals surface area contributed by atoms with Gasteiger partial charge in [-0.25, -0.2) is 4.98 Å². The molecule has 0 spiro atoms. The number of pyridine rings is 1. The first-order valence-corrected chi connectivity index (χ1v) is 5.76. The lowest BCUT2D eigenvalue weighted by atomic mass is 10.0. The second kappa shape index (κ2) is 3.95. The standard InChI is InChI=1S/C12H14ClN3/c1-12(2)4-3-5-16(12)11-7-9(8-14)6-10(13)15-11/h6-7H,3-5H2,1-2H3. The van der Waals surface area contributed by atoms with Crippen LogP contribution in [0.25, 0.3) is 0 Å². The van der Waals surface area contributed by atoms with Gasteiger partial charge in [0.05, 0.1) is 11.6 Å². The minimum atomic E-state index is 0.102. The van der Waals surface area contributed by atoms with E-state index in [1.165, 1.54) is 0 Å². The van der Waals surface area contributed by atoms with Crippen molar-refractivity contribution < 1.29 is 0 Å². The van der Waals surface area contributed by atoms with Gasteiger partial charge in [0.1, 0.15) is 11.0 Å². The highest BCUT2D eigenvalue weighted by atomic mass is 35.5. The highest BCUT2D eigenvalue weighted by molar-refractivity contribution is 6.29. The maximum Gasteiger partial charge on any atom is 0.132 e. The molecule has 1 aliphatic rings. The quantitative estimate of drug-likeness (QED) is 0.703. The second-order valence-corrected chi connectivity index (χ2v) is 5.10. The summed E-state index contributed by atoms with van der Waals surface area (Å²) in [4.78, 5) is 6.52. The molecule has 0 saturated carbocycles. The van der Waals surface area contributed by atoms with Crippen molar-refractivity contribution in [1.82, 2.24) is 4.98 Å². The molecular formula is C12H14ClN3. The Morgan fingerprint density at radius 3 is 2.81 bits per heavy atom. The number of anilines is 1. The molecule has 3 nitrogen and oxygen atoms in total.